The molecule has 2 rings (SSSR count). The van der Waals surface area contributed by atoms with Gasteiger partial charge in [-0.15, -0.1) is 0 Å². The van der Waals surface area contributed by atoms with Crippen LogP contribution in [0.3, 0.4) is 0 Å². The minimum atomic E-state index is -0.779. The summed E-state index contributed by atoms with van der Waals surface area (Å²) >= 11 is 0. The molecule has 1 N–H and O–H groups in total. The SMILES string of the molecule is O=C(O)[C@@H]1CC=CC[C@H]1c1ccc(F)cc1. The van der Waals surface area contributed by atoms with Crippen LogP contribution in [0.1, 0.15) is 24.3 Å². The predicted molar refractivity (Wildman–Crippen MR) is 58.6 cm³/mol. The fourth-order valence-corrected chi connectivity index (χ4v) is 2.17. The van der Waals surface area contributed by atoms with Crippen LogP contribution < -0.4 is 0 Å². The van der Waals surface area contributed by atoms with Gasteiger partial charge in [0.2, 0.25) is 0 Å². The van der Waals surface area contributed by atoms with Crippen molar-refractivity contribution in [3.05, 3.63) is 47.8 Å². The molecule has 0 bridgehead atoms. The summed E-state index contributed by atoms with van der Waals surface area (Å²) in [7, 11) is 0. The minimum absolute atomic E-state index is 0.0388. The molecule has 0 radical (unpaired) electrons. The van der Waals surface area contributed by atoms with Crippen LogP contribution in [0.15, 0.2) is 36.4 Å². The first kappa shape index (κ1) is 10.9. The average Bonchev–Trinajstić information content (AvgIpc) is 2.30. The standard InChI is InChI=1S/C13H13FO2/c14-10-7-5-9(6-8-10)11-3-1-2-4-12(11)13(15)16/h1-2,5-8,11-12H,3-4H2,(H,15,16)/t11-,12+/m0/s1. The maximum atomic E-state index is 12.8. The van der Waals surface area contributed by atoms with Gasteiger partial charge in [0.05, 0.1) is 5.92 Å². The zero-order chi connectivity index (χ0) is 11.5. The highest BCUT2D eigenvalue weighted by Crippen LogP contribution is 2.34. The maximum absolute atomic E-state index is 12.8. The molecule has 2 nitrogen and oxygen atoms in total. The molecule has 0 amide bonds. The Balaban J connectivity index is 2.27. The Labute approximate surface area is 93.4 Å². The number of benzene rings is 1. The Hall–Kier alpha value is -1.64. The molecule has 0 spiro atoms. The van der Waals surface area contributed by atoms with E-state index in [1.807, 2.05) is 12.2 Å². The predicted octanol–water partition coefficient (Wildman–Crippen LogP) is 2.96. The highest BCUT2D eigenvalue weighted by Gasteiger charge is 2.29. The van der Waals surface area contributed by atoms with E-state index in [4.69, 9.17) is 5.11 Å². The van der Waals surface area contributed by atoms with Crippen LogP contribution in [0, 0.1) is 11.7 Å². The fourth-order valence-electron chi connectivity index (χ4n) is 2.17. The highest BCUT2D eigenvalue weighted by atomic mass is 19.1. The molecular formula is C13H13FO2. The van der Waals surface area contributed by atoms with Crippen molar-refractivity contribution in [2.45, 2.75) is 18.8 Å². The van der Waals surface area contributed by atoms with Gasteiger partial charge in [0.1, 0.15) is 5.82 Å². The van der Waals surface area contributed by atoms with Gasteiger partial charge in [-0.3, -0.25) is 4.79 Å². The topological polar surface area (TPSA) is 37.3 Å². The molecule has 0 aromatic heterocycles. The molecule has 0 saturated carbocycles. The van der Waals surface area contributed by atoms with Gasteiger partial charge in [-0.1, -0.05) is 24.3 Å². The molecule has 1 aliphatic carbocycles. The molecule has 0 aliphatic heterocycles. The smallest absolute Gasteiger partial charge is 0.307 e. The van der Waals surface area contributed by atoms with E-state index >= 15 is 0 Å². The molecule has 3 heteroatoms. The number of carboxylic acids is 1. The Morgan fingerprint density at radius 3 is 2.44 bits per heavy atom. The third kappa shape index (κ3) is 2.13. The van der Waals surface area contributed by atoms with E-state index in [1.165, 1.54) is 12.1 Å². The quantitative estimate of drug-likeness (QED) is 0.778. The Kier molecular flexibility index (Phi) is 3.04. The van der Waals surface area contributed by atoms with Gasteiger partial charge in [-0.25, -0.2) is 4.39 Å². The number of halogens is 1. The number of carboxylic acid groups (broad SMARTS) is 1. The van der Waals surface area contributed by atoms with Crippen molar-refractivity contribution >= 4 is 5.97 Å². The monoisotopic (exact) mass is 220 g/mol. The molecule has 2 atom stereocenters. The highest BCUT2D eigenvalue weighted by molar-refractivity contribution is 5.72. The molecule has 84 valence electrons. The van der Waals surface area contributed by atoms with Crippen molar-refractivity contribution in [2.75, 3.05) is 0 Å². The van der Waals surface area contributed by atoms with E-state index in [9.17, 15) is 9.18 Å². The summed E-state index contributed by atoms with van der Waals surface area (Å²) < 4.78 is 12.8. The van der Waals surface area contributed by atoms with Crippen molar-refractivity contribution in [3.63, 3.8) is 0 Å². The Morgan fingerprint density at radius 1 is 1.19 bits per heavy atom. The molecule has 16 heavy (non-hydrogen) atoms. The summed E-state index contributed by atoms with van der Waals surface area (Å²) in [6.07, 6.45) is 5.16. The second kappa shape index (κ2) is 4.47. The van der Waals surface area contributed by atoms with E-state index < -0.39 is 11.9 Å². The molecule has 0 saturated heterocycles. The minimum Gasteiger partial charge on any atom is -0.481 e. The van der Waals surface area contributed by atoms with Gasteiger partial charge in [-0.05, 0) is 30.5 Å². The summed E-state index contributed by atoms with van der Waals surface area (Å²) in [4.78, 5) is 11.1. The second-order valence-electron chi connectivity index (χ2n) is 4.05. The van der Waals surface area contributed by atoms with Crippen LogP contribution >= 0.6 is 0 Å². The van der Waals surface area contributed by atoms with E-state index in [0.29, 0.717) is 12.8 Å². The van der Waals surface area contributed by atoms with Gasteiger partial charge in [-0.2, -0.15) is 0 Å². The summed E-state index contributed by atoms with van der Waals surface area (Å²) in [6.45, 7) is 0. The van der Waals surface area contributed by atoms with Gasteiger partial charge in [0, 0.05) is 5.92 Å². The molecule has 0 fully saturated rings. The van der Waals surface area contributed by atoms with E-state index in [1.54, 1.807) is 12.1 Å². The molecular weight excluding hydrogens is 207 g/mol. The van der Waals surface area contributed by atoms with Gasteiger partial charge >= 0.3 is 5.97 Å². The third-order valence-corrected chi connectivity index (χ3v) is 3.05. The normalized spacial score (nSPS) is 24.3. The van der Waals surface area contributed by atoms with E-state index in [0.717, 1.165) is 5.56 Å². The average molecular weight is 220 g/mol. The lowest BCUT2D eigenvalue weighted by atomic mass is 9.78. The zero-order valence-electron chi connectivity index (χ0n) is 8.77. The first-order valence-corrected chi connectivity index (χ1v) is 5.32. The molecule has 0 heterocycles. The Morgan fingerprint density at radius 2 is 1.81 bits per heavy atom. The lowest BCUT2D eigenvalue weighted by Gasteiger charge is -2.25. The van der Waals surface area contributed by atoms with Crippen molar-refractivity contribution < 1.29 is 14.3 Å². The van der Waals surface area contributed by atoms with Gasteiger partial charge < -0.3 is 5.11 Å². The molecule has 0 unspecified atom stereocenters. The first-order valence-electron chi connectivity index (χ1n) is 5.32. The lowest BCUT2D eigenvalue weighted by molar-refractivity contribution is -0.142. The number of aliphatic carboxylic acids is 1. The molecule has 1 aromatic carbocycles. The third-order valence-electron chi connectivity index (χ3n) is 3.05. The second-order valence-corrected chi connectivity index (χ2v) is 4.05. The van der Waals surface area contributed by atoms with Gasteiger partial charge in [0.25, 0.3) is 0 Å². The van der Waals surface area contributed by atoms with Crippen LogP contribution in [-0.2, 0) is 4.79 Å². The van der Waals surface area contributed by atoms with Crippen LogP contribution in [0.5, 0.6) is 0 Å². The Bertz CT molecular complexity index is 408. The number of carbonyl (C=O) groups is 1. The van der Waals surface area contributed by atoms with Gasteiger partial charge in [0.15, 0.2) is 0 Å². The molecule has 1 aliphatic rings. The summed E-state index contributed by atoms with van der Waals surface area (Å²) in [5.41, 5.74) is 0.901. The van der Waals surface area contributed by atoms with Crippen LogP contribution in [0.25, 0.3) is 0 Å². The first-order chi connectivity index (χ1) is 7.68. The maximum Gasteiger partial charge on any atom is 0.307 e. The van der Waals surface area contributed by atoms with E-state index in [-0.39, 0.29) is 11.7 Å². The van der Waals surface area contributed by atoms with E-state index in [2.05, 4.69) is 0 Å². The summed E-state index contributed by atoms with van der Waals surface area (Å²) in [5.74, 6) is -1.50. The molecule has 1 aromatic rings. The number of hydrogen-bond donors (Lipinski definition) is 1. The van der Waals surface area contributed by atoms with Crippen LogP contribution in [0.2, 0.25) is 0 Å². The van der Waals surface area contributed by atoms with Crippen molar-refractivity contribution in [1.82, 2.24) is 0 Å². The van der Waals surface area contributed by atoms with Crippen molar-refractivity contribution in [2.24, 2.45) is 5.92 Å². The largest absolute Gasteiger partial charge is 0.481 e. The van der Waals surface area contributed by atoms with Crippen molar-refractivity contribution in [1.29, 1.82) is 0 Å². The van der Waals surface area contributed by atoms with Crippen LogP contribution in [-0.4, -0.2) is 11.1 Å². The lowest BCUT2D eigenvalue weighted by Crippen LogP contribution is -2.23. The number of rotatable bonds is 2. The summed E-state index contributed by atoms with van der Waals surface area (Å²) in [6, 6.07) is 6.11. The number of allylic oxidation sites excluding steroid dienone is 2. The van der Waals surface area contributed by atoms with Crippen LogP contribution in [0.4, 0.5) is 4.39 Å². The number of hydrogen-bond acceptors (Lipinski definition) is 1. The fraction of sp³-hybridized carbons (Fsp3) is 0.308. The van der Waals surface area contributed by atoms with Crippen molar-refractivity contribution in [3.8, 4) is 0 Å². The zero-order valence-corrected chi connectivity index (χ0v) is 8.77. The summed E-state index contributed by atoms with van der Waals surface area (Å²) in [5, 5.41) is 9.12.